The van der Waals surface area contributed by atoms with Gasteiger partial charge in [-0.15, -0.1) is 0 Å². The second-order valence-corrected chi connectivity index (χ2v) is 8.46. The molecule has 1 N–H and O–H groups in total. The van der Waals surface area contributed by atoms with Crippen molar-refractivity contribution >= 4 is 59.4 Å². The zero-order valence-corrected chi connectivity index (χ0v) is 17.8. The standard InChI is InChI=1S/C22H20Br2N2/c1-15-4-2-5-18(12-15)25-10-3-11-26-21-8-6-16(23)13-19(21)20-14-17(24)7-9-22(20)26/h2,4-9,12-14,25H,3,10-11H2,1H3. The molecule has 0 fully saturated rings. The largest absolute Gasteiger partial charge is 0.385 e. The zero-order chi connectivity index (χ0) is 18.1. The highest BCUT2D eigenvalue weighted by atomic mass is 79.9. The Morgan fingerprint density at radius 1 is 0.846 bits per heavy atom. The molecule has 0 aliphatic carbocycles. The average molecular weight is 472 g/mol. The Kier molecular flexibility index (Phi) is 5.05. The summed E-state index contributed by atoms with van der Waals surface area (Å²) in [5.41, 5.74) is 5.06. The fourth-order valence-electron chi connectivity index (χ4n) is 3.51. The minimum atomic E-state index is 0.956. The third-order valence-corrected chi connectivity index (χ3v) is 5.68. The van der Waals surface area contributed by atoms with Crippen molar-refractivity contribution in [2.24, 2.45) is 0 Å². The van der Waals surface area contributed by atoms with E-state index in [1.165, 1.54) is 33.1 Å². The lowest BCUT2D eigenvalue weighted by Gasteiger charge is -2.10. The van der Waals surface area contributed by atoms with E-state index in [2.05, 4.69) is 109 Å². The lowest BCUT2D eigenvalue weighted by molar-refractivity contribution is 0.701. The average Bonchev–Trinajstić information content (AvgIpc) is 2.91. The zero-order valence-electron chi connectivity index (χ0n) is 14.6. The van der Waals surface area contributed by atoms with Gasteiger partial charge in [-0.1, -0.05) is 44.0 Å². The maximum absolute atomic E-state index is 3.61. The molecule has 132 valence electrons. The number of nitrogens with zero attached hydrogens (tertiary/aromatic N) is 1. The van der Waals surface area contributed by atoms with Crippen LogP contribution >= 0.6 is 31.9 Å². The van der Waals surface area contributed by atoms with E-state index in [-0.39, 0.29) is 0 Å². The van der Waals surface area contributed by atoms with Gasteiger partial charge in [-0.2, -0.15) is 0 Å². The molecule has 26 heavy (non-hydrogen) atoms. The van der Waals surface area contributed by atoms with E-state index in [1.54, 1.807) is 0 Å². The second kappa shape index (κ2) is 7.45. The molecule has 1 heterocycles. The fourth-order valence-corrected chi connectivity index (χ4v) is 4.24. The lowest BCUT2D eigenvalue weighted by Crippen LogP contribution is -2.06. The molecule has 3 aromatic carbocycles. The first-order valence-corrected chi connectivity index (χ1v) is 10.4. The molecule has 0 radical (unpaired) electrons. The summed E-state index contributed by atoms with van der Waals surface area (Å²) in [5, 5.41) is 6.12. The van der Waals surface area contributed by atoms with Crippen LogP contribution in [0.4, 0.5) is 5.69 Å². The predicted octanol–water partition coefficient (Wildman–Crippen LogP) is 7.13. The Labute approximate surface area is 170 Å². The van der Waals surface area contributed by atoms with E-state index >= 15 is 0 Å². The summed E-state index contributed by atoms with van der Waals surface area (Å²) >= 11 is 7.22. The molecule has 0 amide bonds. The molecule has 0 atom stereocenters. The summed E-state index contributed by atoms with van der Waals surface area (Å²) in [6.07, 6.45) is 1.07. The molecular weight excluding hydrogens is 452 g/mol. The quantitative estimate of drug-likeness (QED) is 0.306. The molecule has 1 aromatic heterocycles. The van der Waals surface area contributed by atoms with Crippen LogP contribution in [0.15, 0.2) is 69.6 Å². The number of rotatable bonds is 5. The number of nitrogens with one attached hydrogen (secondary N) is 1. The van der Waals surface area contributed by atoms with E-state index in [4.69, 9.17) is 0 Å². The molecule has 4 aromatic rings. The first kappa shape index (κ1) is 17.6. The highest BCUT2D eigenvalue weighted by Crippen LogP contribution is 2.33. The summed E-state index contributed by atoms with van der Waals surface area (Å²) < 4.78 is 4.66. The number of hydrogen-bond acceptors (Lipinski definition) is 1. The number of halogens is 2. The van der Waals surface area contributed by atoms with E-state index in [1.807, 2.05) is 0 Å². The second-order valence-electron chi connectivity index (χ2n) is 6.62. The van der Waals surface area contributed by atoms with E-state index in [0.717, 1.165) is 28.5 Å². The molecule has 0 bridgehead atoms. The van der Waals surface area contributed by atoms with Gasteiger partial charge in [0.05, 0.1) is 0 Å². The fraction of sp³-hybridized carbons (Fsp3) is 0.182. The van der Waals surface area contributed by atoms with Crippen molar-refractivity contribution in [3.63, 3.8) is 0 Å². The van der Waals surface area contributed by atoms with Gasteiger partial charge >= 0.3 is 0 Å². The summed E-state index contributed by atoms with van der Waals surface area (Å²) in [4.78, 5) is 0. The maximum Gasteiger partial charge on any atom is 0.0492 e. The number of aryl methyl sites for hydroxylation is 2. The smallest absolute Gasteiger partial charge is 0.0492 e. The number of aromatic nitrogens is 1. The van der Waals surface area contributed by atoms with E-state index in [9.17, 15) is 0 Å². The van der Waals surface area contributed by atoms with Gasteiger partial charge in [0.15, 0.2) is 0 Å². The first-order chi connectivity index (χ1) is 12.6. The van der Waals surface area contributed by atoms with Crippen molar-refractivity contribution in [2.45, 2.75) is 19.9 Å². The molecular formula is C22H20Br2N2. The van der Waals surface area contributed by atoms with Gasteiger partial charge in [0, 0.05) is 49.5 Å². The molecule has 4 heteroatoms. The normalized spacial score (nSPS) is 11.3. The molecule has 0 aliphatic rings. The van der Waals surface area contributed by atoms with Crippen molar-refractivity contribution in [3.05, 3.63) is 75.2 Å². The van der Waals surface area contributed by atoms with Crippen molar-refractivity contribution in [1.82, 2.24) is 4.57 Å². The summed E-state index contributed by atoms with van der Waals surface area (Å²) in [6, 6.07) is 21.6. The van der Waals surface area contributed by atoms with Gasteiger partial charge in [0.25, 0.3) is 0 Å². The van der Waals surface area contributed by atoms with Crippen LogP contribution in [0.3, 0.4) is 0 Å². The van der Waals surface area contributed by atoms with Crippen LogP contribution in [0.1, 0.15) is 12.0 Å². The van der Waals surface area contributed by atoms with Crippen molar-refractivity contribution in [3.8, 4) is 0 Å². The highest BCUT2D eigenvalue weighted by molar-refractivity contribution is 9.10. The SMILES string of the molecule is Cc1cccc(NCCCn2c3ccc(Br)cc3c3cc(Br)ccc32)c1. The van der Waals surface area contributed by atoms with E-state index < -0.39 is 0 Å². The molecule has 0 spiro atoms. The predicted molar refractivity (Wildman–Crippen MR) is 119 cm³/mol. The summed E-state index contributed by atoms with van der Waals surface area (Å²) in [6.45, 7) is 4.07. The van der Waals surface area contributed by atoms with Crippen LogP contribution in [-0.4, -0.2) is 11.1 Å². The Morgan fingerprint density at radius 3 is 2.12 bits per heavy atom. The van der Waals surface area contributed by atoms with Gasteiger partial charge in [-0.05, 0) is 67.4 Å². The maximum atomic E-state index is 3.61. The number of anilines is 1. The van der Waals surface area contributed by atoms with Gasteiger partial charge in [-0.25, -0.2) is 0 Å². The number of fused-ring (bicyclic) bond motifs is 3. The van der Waals surface area contributed by atoms with E-state index in [0.29, 0.717) is 0 Å². The van der Waals surface area contributed by atoms with Gasteiger partial charge in [0.2, 0.25) is 0 Å². The summed E-state index contributed by atoms with van der Waals surface area (Å²) in [7, 11) is 0. The Hall–Kier alpha value is -1.78. The Morgan fingerprint density at radius 2 is 1.50 bits per heavy atom. The topological polar surface area (TPSA) is 17.0 Å². The van der Waals surface area contributed by atoms with Crippen LogP contribution in [0.2, 0.25) is 0 Å². The lowest BCUT2D eigenvalue weighted by atomic mass is 10.2. The van der Waals surface area contributed by atoms with Gasteiger partial charge < -0.3 is 9.88 Å². The Bertz CT molecular complexity index is 1020. The Balaban J connectivity index is 1.59. The first-order valence-electron chi connectivity index (χ1n) is 8.79. The molecule has 4 rings (SSSR count). The molecule has 2 nitrogen and oxygen atoms in total. The third-order valence-electron chi connectivity index (χ3n) is 4.69. The minimum Gasteiger partial charge on any atom is -0.385 e. The number of benzene rings is 3. The van der Waals surface area contributed by atoms with Crippen LogP contribution in [0, 0.1) is 6.92 Å². The number of hydrogen-bond donors (Lipinski definition) is 1. The summed E-state index contributed by atoms with van der Waals surface area (Å²) in [5.74, 6) is 0. The molecule has 0 saturated carbocycles. The van der Waals surface area contributed by atoms with Crippen LogP contribution < -0.4 is 5.32 Å². The van der Waals surface area contributed by atoms with Crippen LogP contribution in [0.25, 0.3) is 21.8 Å². The van der Waals surface area contributed by atoms with Crippen LogP contribution in [0.5, 0.6) is 0 Å². The third kappa shape index (κ3) is 3.53. The minimum absolute atomic E-state index is 0.956. The van der Waals surface area contributed by atoms with Gasteiger partial charge in [0.1, 0.15) is 0 Å². The van der Waals surface area contributed by atoms with Crippen LogP contribution in [-0.2, 0) is 6.54 Å². The highest BCUT2D eigenvalue weighted by Gasteiger charge is 2.11. The van der Waals surface area contributed by atoms with Crippen molar-refractivity contribution < 1.29 is 0 Å². The molecule has 0 saturated heterocycles. The van der Waals surface area contributed by atoms with Crippen molar-refractivity contribution in [2.75, 3.05) is 11.9 Å². The molecule has 0 unspecified atom stereocenters. The van der Waals surface area contributed by atoms with Crippen molar-refractivity contribution in [1.29, 1.82) is 0 Å². The van der Waals surface area contributed by atoms with Gasteiger partial charge in [-0.3, -0.25) is 0 Å². The molecule has 0 aliphatic heterocycles. The monoisotopic (exact) mass is 470 g/mol.